The van der Waals surface area contributed by atoms with Crippen LogP contribution < -0.4 is 5.73 Å². The summed E-state index contributed by atoms with van der Waals surface area (Å²) in [5.74, 6) is 0.0880. The van der Waals surface area contributed by atoms with Crippen molar-refractivity contribution in [2.75, 3.05) is 19.7 Å². The fourth-order valence-corrected chi connectivity index (χ4v) is 5.40. The van der Waals surface area contributed by atoms with Crippen molar-refractivity contribution in [1.29, 1.82) is 0 Å². The number of piperidine rings is 1. The minimum atomic E-state index is -1.07. The van der Waals surface area contributed by atoms with Crippen LogP contribution in [0.5, 0.6) is 0 Å². The Morgan fingerprint density at radius 1 is 1.19 bits per heavy atom. The van der Waals surface area contributed by atoms with Gasteiger partial charge in [0.2, 0.25) is 5.91 Å². The van der Waals surface area contributed by atoms with E-state index in [1.807, 2.05) is 4.90 Å². The molecule has 6 nitrogen and oxygen atoms in total. The molecule has 3 rings (SSSR count). The highest BCUT2D eigenvalue weighted by molar-refractivity contribution is 6.30. The van der Waals surface area contributed by atoms with Crippen LogP contribution in [0.1, 0.15) is 38.5 Å². The number of nitrogens with zero attached hydrogens (tertiary/aromatic N) is 1. The van der Waals surface area contributed by atoms with Gasteiger partial charge in [-0.3, -0.25) is 4.79 Å². The zero-order valence-electron chi connectivity index (χ0n) is 14.9. The molecule has 3 fully saturated rings. The molecule has 1 aliphatic heterocycles. The van der Waals surface area contributed by atoms with Gasteiger partial charge in [-0.05, 0) is 44.4 Å². The number of aliphatic hydroxyl groups excluding tert-OH is 2. The van der Waals surface area contributed by atoms with E-state index < -0.39 is 11.7 Å². The van der Waals surface area contributed by atoms with E-state index >= 15 is 0 Å². The first-order chi connectivity index (χ1) is 12.2. The monoisotopic (exact) mass is 408 g/mol. The largest absolute Gasteiger partial charge is 0.393 e. The van der Waals surface area contributed by atoms with Gasteiger partial charge in [-0.25, -0.2) is 0 Å². The van der Waals surface area contributed by atoms with Crippen molar-refractivity contribution in [3.63, 3.8) is 0 Å². The van der Waals surface area contributed by atoms with E-state index in [9.17, 15) is 15.0 Å². The van der Waals surface area contributed by atoms with E-state index in [4.69, 9.17) is 34.0 Å². The summed E-state index contributed by atoms with van der Waals surface area (Å²) in [6.07, 6.45) is 2.88. The summed E-state index contributed by atoms with van der Waals surface area (Å²) in [4.78, 5) is 14.4. The van der Waals surface area contributed by atoms with E-state index in [1.54, 1.807) is 0 Å². The molecule has 4 unspecified atom stereocenters. The highest BCUT2D eigenvalue weighted by Gasteiger charge is 2.47. The third kappa shape index (κ3) is 4.15. The second-order valence-electron chi connectivity index (χ2n) is 8.46. The SMILES string of the molecule is N[C@H](C1CCN(C(=O)C2CC(O)(CO)C2)CC1)C1CC(Cl)C(Cl)CC1O. The molecule has 0 aromatic rings. The molecule has 0 aromatic heterocycles. The lowest BCUT2D eigenvalue weighted by Crippen LogP contribution is -2.55. The number of aliphatic hydroxyl groups is 3. The van der Waals surface area contributed by atoms with E-state index in [0.29, 0.717) is 38.8 Å². The Morgan fingerprint density at radius 2 is 1.77 bits per heavy atom. The predicted octanol–water partition coefficient (Wildman–Crippen LogP) is 0.671. The molecule has 26 heavy (non-hydrogen) atoms. The minimum absolute atomic E-state index is 0.0501. The van der Waals surface area contributed by atoms with Crippen LogP contribution >= 0.6 is 23.2 Å². The number of halogens is 2. The first-order valence-corrected chi connectivity index (χ1v) is 10.4. The van der Waals surface area contributed by atoms with Gasteiger partial charge < -0.3 is 26.0 Å². The number of carbonyl (C=O) groups is 1. The summed E-state index contributed by atoms with van der Waals surface area (Å²) in [5, 5.41) is 29.0. The zero-order valence-corrected chi connectivity index (χ0v) is 16.4. The number of nitrogens with two attached hydrogens (primary N) is 1. The molecule has 150 valence electrons. The van der Waals surface area contributed by atoms with Crippen LogP contribution in [-0.4, -0.2) is 74.3 Å². The van der Waals surface area contributed by atoms with E-state index in [-0.39, 0.29) is 47.1 Å². The third-order valence-electron chi connectivity index (χ3n) is 6.64. The van der Waals surface area contributed by atoms with E-state index in [1.165, 1.54) is 0 Å². The lowest BCUT2D eigenvalue weighted by atomic mass is 9.70. The average molecular weight is 409 g/mol. The van der Waals surface area contributed by atoms with Gasteiger partial charge in [0.15, 0.2) is 0 Å². The number of rotatable bonds is 4. The molecule has 2 aliphatic carbocycles. The summed E-state index contributed by atoms with van der Waals surface area (Å²) in [6.45, 7) is 1.01. The molecule has 0 radical (unpaired) electrons. The van der Waals surface area contributed by atoms with Crippen molar-refractivity contribution in [3.8, 4) is 0 Å². The molecule has 3 aliphatic rings. The number of alkyl halides is 2. The molecule has 1 saturated heterocycles. The Hall–Kier alpha value is -0.110. The quantitative estimate of drug-likeness (QED) is 0.511. The summed E-state index contributed by atoms with van der Waals surface area (Å²) in [7, 11) is 0. The van der Waals surface area contributed by atoms with Crippen molar-refractivity contribution < 1.29 is 20.1 Å². The second kappa shape index (κ2) is 8.10. The molecule has 5 N–H and O–H groups in total. The lowest BCUT2D eigenvalue weighted by Gasteiger charge is -2.46. The first kappa shape index (κ1) is 20.6. The molecule has 1 heterocycles. The Morgan fingerprint density at radius 3 is 2.35 bits per heavy atom. The van der Waals surface area contributed by atoms with Gasteiger partial charge >= 0.3 is 0 Å². The Labute approximate surface area is 164 Å². The van der Waals surface area contributed by atoms with Crippen molar-refractivity contribution in [2.45, 2.75) is 67.0 Å². The van der Waals surface area contributed by atoms with Crippen LogP contribution in [0.4, 0.5) is 0 Å². The molecule has 1 amide bonds. The van der Waals surface area contributed by atoms with Gasteiger partial charge in [0.25, 0.3) is 0 Å². The Bertz CT molecular complexity index is 509. The van der Waals surface area contributed by atoms with Crippen molar-refractivity contribution in [1.82, 2.24) is 4.90 Å². The summed E-state index contributed by atoms with van der Waals surface area (Å²) in [6, 6.07) is -0.143. The number of hydrogen-bond acceptors (Lipinski definition) is 5. The van der Waals surface area contributed by atoms with Gasteiger partial charge in [-0.2, -0.15) is 0 Å². The third-order valence-corrected chi connectivity index (χ3v) is 7.73. The summed E-state index contributed by atoms with van der Waals surface area (Å²) < 4.78 is 0. The molecule has 0 bridgehead atoms. The van der Waals surface area contributed by atoms with Gasteiger partial charge in [0.1, 0.15) is 0 Å². The smallest absolute Gasteiger partial charge is 0.225 e. The fourth-order valence-electron chi connectivity index (χ4n) is 4.81. The van der Waals surface area contributed by atoms with Crippen molar-refractivity contribution in [2.24, 2.45) is 23.5 Å². The maximum atomic E-state index is 12.5. The van der Waals surface area contributed by atoms with Gasteiger partial charge in [0.05, 0.1) is 29.1 Å². The fraction of sp³-hybridized carbons (Fsp3) is 0.944. The molecule has 5 atom stereocenters. The summed E-state index contributed by atoms with van der Waals surface area (Å²) in [5.41, 5.74) is 5.39. The van der Waals surface area contributed by atoms with Gasteiger partial charge in [-0.15, -0.1) is 23.2 Å². The molecule has 0 spiro atoms. The summed E-state index contributed by atoms with van der Waals surface area (Å²) >= 11 is 12.4. The number of carbonyl (C=O) groups excluding carboxylic acids is 1. The van der Waals surface area contributed by atoms with Crippen LogP contribution in [0.25, 0.3) is 0 Å². The van der Waals surface area contributed by atoms with Gasteiger partial charge in [0, 0.05) is 31.0 Å². The topological polar surface area (TPSA) is 107 Å². The maximum Gasteiger partial charge on any atom is 0.225 e. The van der Waals surface area contributed by atoms with E-state index in [2.05, 4.69) is 0 Å². The number of likely N-dealkylation sites (tertiary alicyclic amines) is 1. The average Bonchev–Trinajstić information content (AvgIpc) is 2.61. The van der Waals surface area contributed by atoms with Crippen LogP contribution in [0.15, 0.2) is 0 Å². The maximum absolute atomic E-state index is 12.5. The highest BCUT2D eigenvalue weighted by atomic mass is 35.5. The van der Waals surface area contributed by atoms with Gasteiger partial charge in [-0.1, -0.05) is 0 Å². The molecular weight excluding hydrogens is 379 g/mol. The molecular formula is C18H30Cl2N2O4. The minimum Gasteiger partial charge on any atom is -0.393 e. The Balaban J connectivity index is 1.48. The van der Waals surface area contributed by atoms with Crippen molar-refractivity contribution >= 4 is 29.1 Å². The molecule has 0 aromatic carbocycles. The predicted molar refractivity (Wildman–Crippen MR) is 100 cm³/mol. The van der Waals surface area contributed by atoms with Crippen molar-refractivity contribution in [3.05, 3.63) is 0 Å². The van der Waals surface area contributed by atoms with Crippen LogP contribution in [-0.2, 0) is 4.79 Å². The number of hydrogen-bond donors (Lipinski definition) is 4. The first-order valence-electron chi connectivity index (χ1n) is 9.58. The second-order valence-corrected chi connectivity index (χ2v) is 9.58. The molecule has 8 heteroatoms. The van der Waals surface area contributed by atoms with Crippen LogP contribution in [0.2, 0.25) is 0 Å². The number of amides is 1. The van der Waals surface area contributed by atoms with Crippen LogP contribution in [0.3, 0.4) is 0 Å². The highest BCUT2D eigenvalue weighted by Crippen LogP contribution is 2.40. The Kier molecular flexibility index (Phi) is 6.42. The van der Waals surface area contributed by atoms with Crippen LogP contribution in [0, 0.1) is 17.8 Å². The normalized spacial score (nSPS) is 43.0. The standard InChI is InChI=1S/C18H30Cl2N2O4/c19-13-5-12(15(24)6-14(13)20)16(21)10-1-3-22(4-2-10)17(25)11-7-18(26,8-11)9-23/h10-16,23-24,26H,1-9,21H2/t11?,12?,13?,14?,15?,16-,18?/m1/s1. The zero-order chi connectivity index (χ0) is 19.1. The molecule has 2 saturated carbocycles. The lowest BCUT2D eigenvalue weighted by molar-refractivity contribution is -0.158. The van der Waals surface area contributed by atoms with E-state index in [0.717, 1.165) is 12.8 Å².